The standard InChI is InChI=1S/C30H28N6O5/c1-40-20-3-2-19-16-36(28(38)21(19)13-20)17-30(15-27(37)34-29(30)39)25-14-23-24(41-25)5-4-22(33-23)18-6-7-32-26(12-18)35-10-8-31-9-11-35/h2-7,12-14,31H,8-11,15-17H2,1H3,(H,34,37,39)/t30-/m1/s1. The van der Waals surface area contributed by atoms with Gasteiger partial charge in [-0.3, -0.25) is 19.7 Å². The van der Waals surface area contributed by atoms with Crippen LogP contribution in [0.5, 0.6) is 5.75 Å². The Labute approximate surface area is 235 Å². The van der Waals surface area contributed by atoms with E-state index in [2.05, 4.69) is 20.5 Å². The molecule has 3 amide bonds. The first-order chi connectivity index (χ1) is 19.9. The van der Waals surface area contributed by atoms with Crippen LogP contribution < -0.4 is 20.3 Å². The third-order valence-electron chi connectivity index (χ3n) is 8.13. The van der Waals surface area contributed by atoms with Crippen molar-refractivity contribution in [1.29, 1.82) is 0 Å². The molecular weight excluding hydrogens is 524 g/mol. The van der Waals surface area contributed by atoms with Gasteiger partial charge >= 0.3 is 0 Å². The smallest absolute Gasteiger partial charge is 0.254 e. The van der Waals surface area contributed by atoms with Crippen molar-refractivity contribution in [2.45, 2.75) is 18.4 Å². The normalized spacial score (nSPS) is 20.6. The fourth-order valence-corrected chi connectivity index (χ4v) is 5.94. The molecule has 2 fully saturated rings. The maximum Gasteiger partial charge on any atom is 0.254 e. The summed E-state index contributed by atoms with van der Waals surface area (Å²) in [5.74, 6) is 0.659. The topological polar surface area (TPSA) is 130 Å². The summed E-state index contributed by atoms with van der Waals surface area (Å²) >= 11 is 0. The molecule has 2 saturated heterocycles. The first-order valence-electron chi connectivity index (χ1n) is 13.6. The van der Waals surface area contributed by atoms with Crippen LogP contribution in [0.25, 0.3) is 22.4 Å². The number of fused-ring (bicyclic) bond motifs is 2. The summed E-state index contributed by atoms with van der Waals surface area (Å²) in [6.07, 6.45) is 1.66. The number of methoxy groups -OCH3 is 1. The molecule has 0 bridgehead atoms. The second-order valence-corrected chi connectivity index (χ2v) is 10.7. The Hall–Kier alpha value is -4.77. The highest BCUT2D eigenvalue weighted by Crippen LogP contribution is 2.39. The van der Waals surface area contributed by atoms with E-state index in [1.807, 2.05) is 30.3 Å². The molecule has 208 valence electrons. The molecule has 11 heteroatoms. The fraction of sp³-hybridized carbons (Fsp3) is 0.300. The van der Waals surface area contributed by atoms with Gasteiger partial charge in [0.15, 0.2) is 5.58 Å². The first-order valence-corrected chi connectivity index (χ1v) is 13.6. The number of furan rings is 1. The van der Waals surface area contributed by atoms with Crippen LogP contribution in [0.2, 0.25) is 0 Å². The highest BCUT2D eigenvalue weighted by molar-refractivity contribution is 6.10. The van der Waals surface area contributed by atoms with Crippen LogP contribution >= 0.6 is 0 Å². The van der Waals surface area contributed by atoms with Gasteiger partial charge in [0, 0.05) is 62.7 Å². The molecule has 0 saturated carbocycles. The predicted molar refractivity (Wildman–Crippen MR) is 150 cm³/mol. The van der Waals surface area contributed by atoms with E-state index in [1.165, 1.54) is 0 Å². The van der Waals surface area contributed by atoms with Gasteiger partial charge in [-0.15, -0.1) is 0 Å². The molecule has 3 aliphatic heterocycles. The first kappa shape index (κ1) is 25.2. The van der Waals surface area contributed by atoms with Crippen LogP contribution in [0.1, 0.15) is 28.1 Å². The van der Waals surface area contributed by atoms with Crippen molar-refractivity contribution in [3.63, 3.8) is 0 Å². The number of ether oxygens (including phenoxy) is 1. The highest BCUT2D eigenvalue weighted by Gasteiger charge is 2.53. The number of hydrogen-bond acceptors (Lipinski definition) is 9. The molecule has 3 aromatic heterocycles. The number of hydrogen-bond donors (Lipinski definition) is 2. The zero-order chi connectivity index (χ0) is 28.1. The molecule has 1 aromatic carbocycles. The maximum atomic E-state index is 13.3. The Morgan fingerprint density at radius 1 is 1.05 bits per heavy atom. The average molecular weight is 553 g/mol. The van der Waals surface area contributed by atoms with Crippen molar-refractivity contribution in [2.24, 2.45) is 0 Å². The molecule has 2 N–H and O–H groups in total. The zero-order valence-corrected chi connectivity index (χ0v) is 22.5. The van der Waals surface area contributed by atoms with E-state index in [4.69, 9.17) is 14.1 Å². The van der Waals surface area contributed by atoms with Gasteiger partial charge in [0.2, 0.25) is 11.8 Å². The Morgan fingerprint density at radius 3 is 2.68 bits per heavy atom. The third kappa shape index (κ3) is 4.29. The third-order valence-corrected chi connectivity index (χ3v) is 8.13. The van der Waals surface area contributed by atoms with Crippen molar-refractivity contribution in [1.82, 2.24) is 25.5 Å². The molecule has 0 radical (unpaired) electrons. The summed E-state index contributed by atoms with van der Waals surface area (Å²) in [6, 6.07) is 14.7. The number of nitrogens with one attached hydrogen (secondary N) is 2. The van der Waals surface area contributed by atoms with Crippen LogP contribution in [0, 0.1) is 0 Å². The lowest BCUT2D eigenvalue weighted by molar-refractivity contribution is -0.127. The van der Waals surface area contributed by atoms with Crippen molar-refractivity contribution in [3.05, 3.63) is 71.6 Å². The van der Waals surface area contributed by atoms with Gasteiger partial charge in [-0.25, -0.2) is 9.97 Å². The van der Waals surface area contributed by atoms with Gasteiger partial charge in [-0.05, 0) is 42.0 Å². The largest absolute Gasteiger partial charge is 0.497 e. The van der Waals surface area contributed by atoms with Crippen molar-refractivity contribution in [2.75, 3.05) is 44.7 Å². The lowest BCUT2D eigenvalue weighted by Gasteiger charge is -2.28. The molecule has 4 aromatic rings. The number of carbonyl (C=O) groups excluding carboxylic acids is 3. The minimum Gasteiger partial charge on any atom is -0.497 e. The molecule has 3 aliphatic rings. The van der Waals surface area contributed by atoms with Crippen LogP contribution in [0.4, 0.5) is 5.82 Å². The number of imide groups is 1. The van der Waals surface area contributed by atoms with Gasteiger partial charge < -0.3 is 24.3 Å². The summed E-state index contributed by atoms with van der Waals surface area (Å²) in [5.41, 5.74) is 2.70. The van der Waals surface area contributed by atoms with Crippen LogP contribution in [0.3, 0.4) is 0 Å². The summed E-state index contributed by atoms with van der Waals surface area (Å²) in [6.45, 7) is 3.90. The van der Waals surface area contributed by atoms with Crippen molar-refractivity contribution in [3.8, 4) is 17.0 Å². The fourth-order valence-electron chi connectivity index (χ4n) is 5.94. The molecule has 1 atom stereocenters. The summed E-state index contributed by atoms with van der Waals surface area (Å²) in [7, 11) is 1.55. The van der Waals surface area contributed by atoms with E-state index in [0.717, 1.165) is 48.8 Å². The number of rotatable bonds is 6. The van der Waals surface area contributed by atoms with Crippen LogP contribution in [-0.4, -0.2) is 72.4 Å². The minimum atomic E-state index is -1.37. The molecular formula is C30H28N6O5. The predicted octanol–water partition coefficient (Wildman–Crippen LogP) is 2.25. The molecule has 7 rings (SSSR count). The second-order valence-electron chi connectivity index (χ2n) is 10.7. The maximum absolute atomic E-state index is 13.3. The molecule has 0 unspecified atom stereocenters. The number of anilines is 1. The monoisotopic (exact) mass is 552 g/mol. The van der Waals surface area contributed by atoms with Gasteiger partial charge in [0.25, 0.3) is 5.91 Å². The van der Waals surface area contributed by atoms with E-state index in [1.54, 1.807) is 36.4 Å². The Balaban J connectivity index is 1.22. The lowest BCUT2D eigenvalue weighted by Crippen LogP contribution is -2.46. The zero-order valence-electron chi connectivity index (χ0n) is 22.5. The van der Waals surface area contributed by atoms with E-state index in [0.29, 0.717) is 34.7 Å². The lowest BCUT2D eigenvalue weighted by atomic mass is 9.82. The van der Waals surface area contributed by atoms with Gasteiger partial charge in [-0.2, -0.15) is 0 Å². The van der Waals surface area contributed by atoms with E-state index < -0.39 is 17.2 Å². The van der Waals surface area contributed by atoms with Gasteiger partial charge in [-0.1, -0.05) is 6.07 Å². The average Bonchev–Trinajstić information content (AvgIpc) is 3.66. The van der Waals surface area contributed by atoms with E-state index >= 15 is 0 Å². The number of amides is 3. The molecule has 0 aliphatic carbocycles. The highest BCUT2D eigenvalue weighted by atomic mass is 16.5. The molecule has 6 heterocycles. The Kier molecular flexibility index (Phi) is 5.97. The summed E-state index contributed by atoms with van der Waals surface area (Å²) < 4.78 is 11.5. The van der Waals surface area contributed by atoms with Crippen LogP contribution in [0.15, 0.2) is 59.1 Å². The molecule has 41 heavy (non-hydrogen) atoms. The molecule has 0 spiro atoms. The number of benzene rings is 1. The number of nitrogens with zero attached hydrogens (tertiary/aromatic N) is 4. The number of pyridine rings is 2. The summed E-state index contributed by atoms with van der Waals surface area (Å²) in [4.78, 5) is 52.4. The van der Waals surface area contributed by atoms with Gasteiger partial charge in [0.1, 0.15) is 28.3 Å². The van der Waals surface area contributed by atoms with Crippen LogP contribution in [-0.2, 0) is 21.5 Å². The van der Waals surface area contributed by atoms with E-state index in [9.17, 15) is 14.4 Å². The SMILES string of the molecule is COc1ccc2c(c1)C(=O)N(C[C@@]1(c3cc4nc(-c5ccnc(N6CCNCC6)c5)ccc4o3)CC(=O)NC1=O)C2. The number of carbonyl (C=O) groups is 3. The quantitative estimate of drug-likeness (QED) is 0.346. The van der Waals surface area contributed by atoms with Gasteiger partial charge in [0.05, 0.1) is 19.2 Å². The minimum absolute atomic E-state index is 0.00844. The number of piperazine rings is 1. The summed E-state index contributed by atoms with van der Waals surface area (Å²) in [5, 5.41) is 5.77. The molecule has 11 nitrogen and oxygen atoms in total. The Bertz CT molecular complexity index is 1710. The van der Waals surface area contributed by atoms with Crippen molar-refractivity contribution < 1.29 is 23.5 Å². The van der Waals surface area contributed by atoms with E-state index in [-0.39, 0.29) is 18.9 Å². The van der Waals surface area contributed by atoms with Crippen molar-refractivity contribution >= 4 is 34.6 Å². The number of aromatic nitrogens is 2. The second kappa shape index (κ2) is 9.70. The Morgan fingerprint density at radius 2 is 1.90 bits per heavy atom.